The Hall–Kier alpha value is -2.35. The summed E-state index contributed by atoms with van der Waals surface area (Å²) in [6, 6.07) is 8.73. The predicted octanol–water partition coefficient (Wildman–Crippen LogP) is 3.40. The van der Waals surface area contributed by atoms with Crippen LogP contribution < -0.4 is 5.32 Å². The molecule has 1 aliphatic rings. The Balaban J connectivity index is 1.80. The van der Waals surface area contributed by atoms with E-state index in [4.69, 9.17) is 10.00 Å². The van der Waals surface area contributed by atoms with Crippen molar-refractivity contribution in [2.24, 2.45) is 5.92 Å². The number of carbonyl (C=O) groups excluding carboxylic acids is 2. The van der Waals surface area contributed by atoms with Gasteiger partial charge in [-0.3, -0.25) is 9.59 Å². The lowest BCUT2D eigenvalue weighted by atomic mass is 10.0. The first kappa shape index (κ1) is 17.0. The number of para-hydroxylation sites is 1. The highest BCUT2D eigenvalue weighted by atomic mass is 16.5. The van der Waals surface area contributed by atoms with Gasteiger partial charge in [0, 0.05) is 6.42 Å². The van der Waals surface area contributed by atoms with E-state index in [-0.39, 0.29) is 5.97 Å². The van der Waals surface area contributed by atoms with Crippen LogP contribution in [0.3, 0.4) is 0 Å². The minimum Gasteiger partial charge on any atom is -0.453 e. The van der Waals surface area contributed by atoms with E-state index < -0.39 is 12.0 Å². The van der Waals surface area contributed by atoms with Crippen LogP contribution in [0.4, 0.5) is 5.69 Å². The number of hydrogen-bond acceptors (Lipinski definition) is 4. The summed E-state index contributed by atoms with van der Waals surface area (Å²) in [5.41, 5.74) is 0.800. The van der Waals surface area contributed by atoms with Crippen LogP contribution in [0.25, 0.3) is 0 Å². The molecule has 1 fully saturated rings. The van der Waals surface area contributed by atoms with Gasteiger partial charge in [0.2, 0.25) is 0 Å². The summed E-state index contributed by atoms with van der Waals surface area (Å²) in [6.45, 7) is 1.54. The van der Waals surface area contributed by atoms with Crippen molar-refractivity contribution in [3.05, 3.63) is 29.8 Å². The first-order valence-corrected chi connectivity index (χ1v) is 8.09. The Labute approximate surface area is 136 Å². The summed E-state index contributed by atoms with van der Waals surface area (Å²) >= 11 is 0. The van der Waals surface area contributed by atoms with Crippen molar-refractivity contribution in [1.29, 1.82) is 5.26 Å². The second-order valence-electron chi connectivity index (χ2n) is 5.97. The van der Waals surface area contributed by atoms with Gasteiger partial charge in [0.25, 0.3) is 5.91 Å². The molecule has 0 heterocycles. The second kappa shape index (κ2) is 8.33. The van der Waals surface area contributed by atoms with Crippen molar-refractivity contribution in [3.8, 4) is 6.07 Å². The number of nitriles is 1. The average molecular weight is 314 g/mol. The molecule has 1 aliphatic carbocycles. The van der Waals surface area contributed by atoms with Crippen molar-refractivity contribution in [3.63, 3.8) is 0 Å². The maximum atomic E-state index is 12.1. The Morgan fingerprint density at radius 1 is 1.35 bits per heavy atom. The zero-order chi connectivity index (χ0) is 16.7. The highest BCUT2D eigenvalue weighted by Crippen LogP contribution is 2.28. The van der Waals surface area contributed by atoms with E-state index in [1.54, 1.807) is 24.3 Å². The average Bonchev–Trinajstić information content (AvgIpc) is 3.06. The van der Waals surface area contributed by atoms with E-state index in [1.807, 2.05) is 6.07 Å². The van der Waals surface area contributed by atoms with E-state index in [0.717, 1.165) is 6.42 Å². The fraction of sp³-hybridized carbons (Fsp3) is 0.500. The molecular formula is C18H22N2O3. The van der Waals surface area contributed by atoms with E-state index in [1.165, 1.54) is 32.6 Å². The van der Waals surface area contributed by atoms with Gasteiger partial charge in [-0.05, 0) is 31.4 Å². The third-order valence-electron chi connectivity index (χ3n) is 4.21. The second-order valence-corrected chi connectivity index (χ2v) is 5.97. The molecule has 122 valence electrons. The summed E-state index contributed by atoms with van der Waals surface area (Å²) in [7, 11) is 0. The Bertz CT molecular complexity index is 601. The summed E-state index contributed by atoms with van der Waals surface area (Å²) in [5, 5.41) is 11.6. The molecule has 1 atom stereocenters. The monoisotopic (exact) mass is 314 g/mol. The largest absolute Gasteiger partial charge is 0.453 e. The lowest BCUT2D eigenvalue weighted by molar-refractivity contribution is -0.153. The number of rotatable bonds is 6. The molecule has 5 nitrogen and oxygen atoms in total. The molecule has 1 amide bonds. The number of hydrogen-bond donors (Lipinski definition) is 1. The van der Waals surface area contributed by atoms with Gasteiger partial charge in [-0.1, -0.05) is 37.8 Å². The SMILES string of the molecule is C[C@@H](OC(=O)CCC1CCCC1)C(=O)Nc1ccccc1C#N. The number of esters is 1. The molecular weight excluding hydrogens is 292 g/mol. The topological polar surface area (TPSA) is 79.2 Å². The molecule has 5 heteroatoms. The number of nitrogens with zero attached hydrogens (tertiary/aromatic N) is 1. The molecule has 0 bridgehead atoms. The quantitative estimate of drug-likeness (QED) is 0.816. The van der Waals surface area contributed by atoms with Crippen LogP contribution in [0.1, 0.15) is 51.0 Å². The van der Waals surface area contributed by atoms with Gasteiger partial charge in [-0.25, -0.2) is 0 Å². The Kier molecular flexibility index (Phi) is 6.16. The fourth-order valence-electron chi connectivity index (χ4n) is 2.85. The first-order chi connectivity index (χ1) is 11.1. The first-order valence-electron chi connectivity index (χ1n) is 8.09. The van der Waals surface area contributed by atoms with Gasteiger partial charge in [0.05, 0.1) is 11.3 Å². The normalized spacial score (nSPS) is 15.7. The van der Waals surface area contributed by atoms with Gasteiger partial charge in [-0.15, -0.1) is 0 Å². The summed E-state index contributed by atoms with van der Waals surface area (Å²) in [4.78, 5) is 23.9. The third-order valence-corrected chi connectivity index (χ3v) is 4.21. The van der Waals surface area contributed by atoms with E-state index >= 15 is 0 Å². The number of benzene rings is 1. The number of nitrogens with one attached hydrogen (secondary N) is 1. The minimum atomic E-state index is -0.877. The van der Waals surface area contributed by atoms with Crippen molar-refractivity contribution < 1.29 is 14.3 Å². The van der Waals surface area contributed by atoms with Crippen LogP contribution in [0.15, 0.2) is 24.3 Å². The predicted molar refractivity (Wildman–Crippen MR) is 86.5 cm³/mol. The van der Waals surface area contributed by atoms with Crippen LogP contribution in [0.2, 0.25) is 0 Å². The molecule has 0 spiro atoms. The number of amides is 1. The smallest absolute Gasteiger partial charge is 0.306 e. The van der Waals surface area contributed by atoms with Gasteiger partial charge in [0.1, 0.15) is 6.07 Å². The molecule has 0 radical (unpaired) electrons. The van der Waals surface area contributed by atoms with Crippen LogP contribution in [-0.2, 0) is 14.3 Å². The molecule has 0 aromatic heterocycles. The Morgan fingerprint density at radius 2 is 2.04 bits per heavy atom. The highest BCUT2D eigenvalue weighted by Gasteiger charge is 2.21. The molecule has 0 saturated heterocycles. The summed E-state index contributed by atoms with van der Waals surface area (Å²) < 4.78 is 5.18. The highest BCUT2D eigenvalue weighted by molar-refractivity contribution is 5.96. The lowest BCUT2D eigenvalue weighted by Crippen LogP contribution is -2.30. The van der Waals surface area contributed by atoms with Gasteiger partial charge in [0.15, 0.2) is 6.10 Å². The van der Waals surface area contributed by atoms with Gasteiger partial charge >= 0.3 is 5.97 Å². The molecule has 0 aliphatic heterocycles. The molecule has 1 saturated carbocycles. The molecule has 0 unspecified atom stereocenters. The molecule has 1 aromatic carbocycles. The third kappa shape index (κ3) is 5.10. The van der Waals surface area contributed by atoms with Crippen molar-refractivity contribution in [2.75, 3.05) is 5.32 Å². The number of anilines is 1. The maximum absolute atomic E-state index is 12.1. The van der Waals surface area contributed by atoms with Crippen LogP contribution in [-0.4, -0.2) is 18.0 Å². The zero-order valence-electron chi connectivity index (χ0n) is 13.4. The summed E-state index contributed by atoms with van der Waals surface area (Å²) in [5.74, 6) is -0.149. The van der Waals surface area contributed by atoms with Crippen molar-refractivity contribution in [2.45, 2.75) is 51.6 Å². The number of carbonyl (C=O) groups is 2. The molecule has 1 aromatic rings. The number of ether oxygens (including phenoxy) is 1. The minimum absolute atomic E-state index is 0.340. The van der Waals surface area contributed by atoms with Gasteiger partial charge < -0.3 is 10.1 Å². The molecule has 2 rings (SSSR count). The standard InChI is InChI=1S/C18H22N2O3/c1-13(23-17(21)11-10-14-6-2-3-7-14)18(22)20-16-9-5-4-8-15(16)12-19/h4-5,8-9,13-14H,2-3,6-7,10-11H2,1H3,(H,20,22)/t13-/m1/s1. The molecule has 23 heavy (non-hydrogen) atoms. The lowest BCUT2D eigenvalue weighted by Gasteiger charge is -2.15. The van der Waals surface area contributed by atoms with E-state index in [2.05, 4.69) is 5.32 Å². The van der Waals surface area contributed by atoms with E-state index in [0.29, 0.717) is 23.6 Å². The summed E-state index contributed by atoms with van der Waals surface area (Å²) in [6.07, 6.45) is 5.19. The van der Waals surface area contributed by atoms with Crippen molar-refractivity contribution >= 4 is 17.6 Å². The van der Waals surface area contributed by atoms with Crippen LogP contribution in [0.5, 0.6) is 0 Å². The van der Waals surface area contributed by atoms with Gasteiger partial charge in [-0.2, -0.15) is 5.26 Å². The molecule has 1 N–H and O–H groups in total. The van der Waals surface area contributed by atoms with Crippen molar-refractivity contribution in [1.82, 2.24) is 0 Å². The van der Waals surface area contributed by atoms with Crippen LogP contribution in [0, 0.1) is 17.2 Å². The zero-order valence-corrected chi connectivity index (χ0v) is 13.4. The maximum Gasteiger partial charge on any atom is 0.306 e. The van der Waals surface area contributed by atoms with Crippen LogP contribution >= 0.6 is 0 Å². The van der Waals surface area contributed by atoms with E-state index in [9.17, 15) is 9.59 Å². The Morgan fingerprint density at radius 3 is 2.74 bits per heavy atom. The fourth-order valence-corrected chi connectivity index (χ4v) is 2.85.